The number of benzene rings is 2. The number of aryl methyl sites for hydroxylation is 1. The molecule has 4 rings (SSSR count). The zero-order valence-corrected chi connectivity index (χ0v) is 18.5. The number of ether oxygens (including phenoxy) is 2. The molecular weight excluding hydrogens is 420 g/mol. The van der Waals surface area contributed by atoms with Crippen LogP contribution >= 0.6 is 0 Å². The predicted molar refractivity (Wildman–Crippen MR) is 122 cm³/mol. The highest BCUT2D eigenvalue weighted by molar-refractivity contribution is 5.91. The predicted octanol–water partition coefficient (Wildman–Crippen LogP) is 4.64. The van der Waals surface area contributed by atoms with E-state index in [0.717, 1.165) is 29.5 Å². The maximum absolute atomic E-state index is 12.4. The highest BCUT2D eigenvalue weighted by Gasteiger charge is 2.18. The molecule has 0 spiro atoms. The second-order valence-corrected chi connectivity index (χ2v) is 7.24. The minimum atomic E-state index is -0.514. The van der Waals surface area contributed by atoms with Crippen LogP contribution in [0, 0.1) is 0 Å². The molecule has 9 heteroatoms. The molecule has 2 aromatic carbocycles. The largest absolute Gasteiger partial charge is 0.462 e. The molecule has 0 saturated heterocycles. The Morgan fingerprint density at radius 3 is 2.52 bits per heavy atom. The minimum absolute atomic E-state index is 0.189. The maximum atomic E-state index is 12.4. The summed E-state index contributed by atoms with van der Waals surface area (Å²) >= 11 is 0. The Kier molecular flexibility index (Phi) is 6.99. The molecule has 0 fully saturated rings. The van der Waals surface area contributed by atoms with Gasteiger partial charge >= 0.3 is 5.97 Å². The van der Waals surface area contributed by atoms with E-state index < -0.39 is 5.97 Å². The molecule has 0 saturated carbocycles. The molecule has 0 atom stereocenters. The Bertz CT molecular complexity index is 1210. The Labute approximate surface area is 191 Å². The Morgan fingerprint density at radius 1 is 1.03 bits per heavy atom. The van der Waals surface area contributed by atoms with Gasteiger partial charge in [0, 0.05) is 18.2 Å². The summed E-state index contributed by atoms with van der Waals surface area (Å²) < 4.78 is 11.1. The zero-order chi connectivity index (χ0) is 23.0. The second kappa shape index (κ2) is 10.4. The van der Waals surface area contributed by atoms with Crippen LogP contribution in [0.2, 0.25) is 0 Å². The normalized spacial score (nSPS) is 10.7. The molecule has 0 unspecified atom stereocenters. The van der Waals surface area contributed by atoms with Crippen LogP contribution in [-0.2, 0) is 11.2 Å². The van der Waals surface area contributed by atoms with E-state index in [1.54, 1.807) is 6.92 Å². The Hall–Kier alpha value is -4.14. The molecule has 0 aliphatic carbocycles. The van der Waals surface area contributed by atoms with Gasteiger partial charge in [-0.3, -0.25) is 0 Å². The van der Waals surface area contributed by atoms with Crippen LogP contribution in [0.4, 0.5) is 0 Å². The SMILES string of the molecule is CCCCc1ncc(C(=O)OCC)c(Oc2ccc(-c3ccccc3-c3nn[nH]n3)cc2)n1. The van der Waals surface area contributed by atoms with Crippen LogP contribution in [-0.4, -0.2) is 43.2 Å². The van der Waals surface area contributed by atoms with Gasteiger partial charge in [0.15, 0.2) is 0 Å². The Balaban J connectivity index is 1.61. The van der Waals surface area contributed by atoms with Gasteiger partial charge in [-0.05, 0) is 41.8 Å². The highest BCUT2D eigenvalue weighted by atomic mass is 16.5. The number of hydrogen-bond acceptors (Lipinski definition) is 8. The fourth-order valence-corrected chi connectivity index (χ4v) is 3.30. The van der Waals surface area contributed by atoms with Gasteiger partial charge in [0.1, 0.15) is 17.1 Å². The van der Waals surface area contributed by atoms with Crippen molar-refractivity contribution in [2.75, 3.05) is 6.61 Å². The lowest BCUT2D eigenvalue weighted by Crippen LogP contribution is -2.10. The molecule has 0 amide bonds. The molecule has 33 heavy (non-hydrogen) atoms. The molecule has 2 aromatic heterocycles. The summed E-state index contributed by atoms with van der Waals surface area (Å²) in [5, 5.41) is 14.3. The molecular formula is C24H24N6O3. The third-order valence-corrected chi connectivity index (χ3v) is 4.95. The van der Waals surface area contributed by atoms with Crippen molar-refractivity contribution in [1.82, 2.24) is 30.6 Å². The number of carbonyl (C=O) groups is 1. The molecule has 0 aliphatic heterocycles. The lowest BCUT2D eigenvalue weighted by atomic mass is 9.99. The van der Waals surface area contributed by atoms with Crippen molar-refractivity contribution in [2.45, 2.75) is 33.1 Å². The number of rotatable bonds is 9. The van der Waals surface area contributed by atoms with E-state index in [0.29, 0.717) is 23.8 Å². The highest BCUT2D eigenvalue weighted by Crippen LogP contribution is 2.32. The number of hydrogen-bond donors (Lipinski definition) is 1. The summed E-state index contributed by atoms with van der Waals surface area (Å²) in [6, 6.07) is 15.3. The average Bonchev–Trinajstić information content (AvgIpc) is 3.38. The van der Waals surface area contributed by atoms with E-state index in [4.69, 9.17) is 9.47 Å². The third-order valence-electron chi connectivity index (χ3n) is 4.95. The summed E-state index contributed by atoms with van der Waals surface area (Å²) in [5.41, 5.74) is 2.98. The number of aromatic amines is 1. The van der Waals surface area contributed by atoms with Gasteiger partial charge in [0.05, 0.1) is 6.61 Å². The number of H-pyrrole nitrogens is 1. The number of tetrazole rings is 1. The van der Waals surface area contributed by atoms with Crippen LogP contribution in [0.3, 0.4) is 0 Å². The molecule has 0 aliphatic rings. The first-order valence-electron chi connectivity index (χ1n) is 10.8. The first kappa shape index (κ1) is 22.1. The fraction of sp³-hybridized carbons (Fsp3) is 0.250. The molecule has 9 nitrogen and oxygen atoms in total. The summed E-state index contributed by atoms with van der Waals surface area (Å²) in [4.78, 5) is 21.1. The first-order valence-corrected chi connectivity index (χ1v) is 10.8. The van der Waals surface area contributed by atoms with E-state index in [2.05, 4.69) is 37.5 Å². The van der Waals surface area contributed by atoms with Crippen LogP contribution in [0.5, 0.6) is 11.6 Å². The van der Waals surface area contributed by atoms with E-state index >= 15 is 0 Å². The minimum Gasteiger partial charge on any atom is -0.462 e. The summed E-state index contributed by atoms with van der Waals surface area (Å²) in [7, 11) is 0. The van der Waals surface area contributed by atoms with Gasteiger partial charge in [-0.25, -0.2) is 9.78 Å². The molecule has 168 valence electrons. The van der Waals surface area contributed by atoms with Crippen molar-refractivity contribution in [1.29, 1.82) is 0 Å². The number of carbonyl (C=O) groups excluding carboxylic acids is 1. The fourth-order valence-electron chi connectivity index (χ4n) is 3.30. The van der Waals surface area contributed by atoms with Crippen LogP contribution < -0.4 is 4.74 Å². The molecule has 2 heterocycles. The van der Waals surface area contributed by atoms with Crippen LogP contribution in [0.1, 0.15) is 42.9 Å². The lowest BCUT2D eigenvalue weighted by Gasteiger charge is -2.12. The lowest BCUT2D eigenvalue weighted by molar-refractivity contribution is 0.0522. The standard InChI is InChI=1S/C24H24N6O3/c1-3-5-10-21-25-15-20(24(31)32-4-2)23(26-21)33-17-13-11-16(12-14-17)18-8-6-7-9-19(18)22-27-29-30-28-22/h6-9,11-15H,3-5,10H2,1-2H3,(H,27,28,29,30). The van der Waals surface area contributed by atoms with E-state index in [-0.39, 0.29) is 18.1 Å². The molecule has 0 bridgehead atoms. The van der Waals surface area contributed by atoms with E-state index in [1.807, 2.05) is 48.5 Å². The van der Waals surface area contributed by atoms with Gasteiger partial charge in [0.25, 0.3) is 0 Å². The first-order chi connectivity index (χ1) is 16.2. The topological polar surface area (TPSA) is 116 Å². The summed E-state index contributed by atoms with van der Waals surface area (Å²) in [6.07, 6.45) is 4.15. The zero-order valence-electron chi connectivity index (χ0n) is 18.5. The van der Waals surface area contributed by atoms with Crippen molar-refractivity contribution in [2.24, 2.45) is 0 Å². The third kappa shape index (κ3) is 5.20. The van der Waals surface area contributed by atoms with Gasteiger partial charge < -0.3 is 9.47 Å². The van der Waals surface area contributed by atoms with Crippen LogP contribution in [0.15, 0.2) is 54.7 Å². The van der Waals surface area contributed by atoms with Crippen LogP contribution in [0.25, 0.3) is 22.5 Å². The number of aromatic nitrogens is 6. The smallest absolute Gasteiger partial charge is 0.345 e. The van der Waals surface area contributed by atoms with Crippen molar-refractivity contribution < 1.29 is 14.3 Å². The van der Waals surface area contributed by atoms with Gasteiger partial charge in [-0.1, -0.05) is 49.7 Å². The van der Waals surface area contributed by atoms with Crippen molar-refractivity contribution >= 4 is 5.97 Å². The van der Waals surface area contributed by atoms with Crippen molar-refractivity contribution in [3.8, 4) is 34.1 Å². The number of nitrogens with zero attached hydrogens (tertiary/aromatic N) is 5. The number of unbranched alkanes of at least 4 members (excludes halogenated alkanes) is 1. The second-order valence-electron chi connectivity index (χ2n) is 7.24. The van der Waals surface area contributed by atoms with Crippen molar-refractivity contribution in [3.63, 3.8) is 0 Å². The van der Waals surface area contributed by atoms with E-state index in [1.165, 1.54) is 6.20 Å². The number of esters is 1. The summed E-state index contributed by atoms with van der Waals surface area (Å²) in [6.45, 7) is 4.10. The maximum Gasteiger partial charge on any atom is 0.345 e. The average molecular weight is 444 g/mol. The molecule has 1 N–H and O–H groups in total. The van der Waals surface area contributed by atoms with Gasteiger partial charge in [-0.15, -0.1) is 10.2 Å². The van der Waals surface area contributed by atoms with Gasteiger partial charge in [-0.2, -0.15) is 10.2 Å². The number of nitrogens with one attached hydrogen (secondary N) is 1. The van der Waals surface area contributed by atoms with Crippen molar-refractivity contribution in [3.05, 3.63) is 66.1 Å². The molecule has 0 radical (unpaired) electrons. The molecule has 4 aromatic rings. The summed E-state index contributed by atoms with van der Waals surface area (Å²) in [5.74, 6) is 1.37. The quantitative estimate of drug-likeness (QED) is 0.371. The van der Waals surface area contributed by atoms with E-state index in [9.17, 15) is 4.79 Å². The van der Waals surface area contributed by atoms with Gasteiger partial charge in [0.2, 0.25) is 11.7 Å². The Morgan fingerprint density at radius 2 is 1.82 bits per heavy atom. The monoisotopic (exact) mass is 444 g/mol.